The van der Waals surface area contributed by atoms with E-state index in [0.717, 1.165) is 10.6 Å². The number of para-hydroxylation sites is 1. The van der Waals surface area contributed by atoms with Gasteiger partial charge in [0, 0.05) is 12.4 Å². The van der Waals surface area contributed by atoms with Crippen LogP contribution in [0.1, 0.15) is 0 Å². The number of benzene rings is 1. The van der Waals surface area contributed by atoms with E-state index < -0.39 is 0 Å². The van der Waals surface area contributed by atoms with Gasteiger partial charge in [-0.3, -0.25) is 0 Å². The van der Waals surface area contributed by atoms with Crippen LogP contribution in [0.25, 0.3) is 10.5 Å². The predicted octanol–water partition coefficient (Wildman–Crippen LogP) is 2.88. The molecule has 0 saturated heterocycles. The van der Waals surface area contributed by atoms with E-state index in [1.54, 1.807) is 12.4 Å². The average Bonchev–Trinajstić information content (AvgIpc) is 2.72. The van der Waals surface area contributed by atoms with Gasteiger partial charge in [0.2, 0.25) is 0 Å². The van der Waals surface area contributed by atoms with Crippen molar-refractivity contribution in [2.24, 2.45) is 0 Å². The Hall–Kier alpha value is -2.01. The summed E-state index contributed by atoms with van der Waals surface area (Å²) in [5.74, 6) is 0.765. The van der Waals surface area contributed by atoms with Crippen molar-refractivity contribution in [3.05, 3.63) is 42.7 Å². The highest BCUT2D eigenvalue weighted by Crippen LogP contribution is 2.28. The first kappa shape index (κ1) is 9.23. The van der Waals surface area contributed by atoms with Crippen molar-refractivity contribution in [3.8, 4) is 10.9 Å². The van der Waals surface area contributed by atoms with Crippen LogP contribution >= 0.6 is 11.3 Å². The molecule has 4 nitrogen and oxygen atoms in total. The van der Waals surface area contributed by atoms with Gasteiger partial charge in [0.25, 0.3) is 5.19 Å². The third-order valence-electron chi connectivity index (χ3n) is 1.98. The van der Waals surface area contributed by atoms with E-state index in [0.29, 0.717) is 10.8 Å². The summed E-state index contributed by atoms with van der Waals surface area (Å²) >= 11 is 1.39. The van der Waals surface area contributed by atoms with Crippen molar-refractivity contribution >= 4 is 21.8 Å². The molecule has 16 heavy (non-hydrogen) atoms. The molecule has 3 rings (SSSR count). The predicted molar refractivity (Wildman–Crippen MR) is 61.7 cm³/mol. The Morgan fingerprint density at radius 1 is 1.00 bits per heavy atom. The maximum Gasteiger partial charge on any atom is 0.282 e. The Bertz CT molecular complexity index is 576. The van der Waals surface area contributed by atoms with E-state index in [-0.39, 0.29) is 0 Å². The molecule has 0 aliphatic carbocycles. The van der Waals surface area contributed by atoms with Crippen LogP contribution in [-0.2, 0) is 0 Å². The van der Waals surface area contributed by atoms with E-state index in [2.05, 4.69) is 15.0 Å². The molecule has 2 heterocycles. The fourth-order valence-corrected chi connectivity index (χ4v) is 2.03. The highest BCUT2D eigenvalue weighted by Gasteiger charge is 2.06. The minimum absolute atomic E-state index is 0.562. The van der Waals surface area contributed by atoms with Crippen LogP contribution < -0.4 is 4.74 Å². The molecule has 0 spiro atoms. The first-order chi connectivity index (χ1) is 7.92. The van der Waals surface area contributed by atoms with Gasteiger partial charge in [-0.25, -0.2) is 9.97 Å². The van der Waals surface area contributed by atoms with Crippen LogP contribution in [0.3, 0.4) is 0 Å². The van der Waals surface area contributed by atoms with Gasteiger partial charge < -0.3 is 4.74 Å². The molecule has 5 heteroatoms. The van der Waals surface area contributed by atoms with Crippen molar-refractivity contribution in [1.29, 1.82) is 0 Å². The van der Waals surface area contributed by atoms with Gasteiger partial charge in [0.05, 0.1) is 0 Å². The van der Waals surface area contributed by atoms with E-state index in [1.165, 1.54) is 11.3 Å². The molecule has 78 valence electrons. The Balaban J connectivity index is 1.95. The quantitative estimate of drug-likeness (QED) is 0.678. The molecule has 0 fully saturated rings. The third-order valence-corrected chi connectivity index (χ3v) is 2.81. The minimum Gasteiger partial charge on any atom is -0.431 e. The van der Waals surface area contributed by atoms with Crippen molar-refractivity contribution < 1.29 is 4.74 Å². The summed E-state index contributed by atoms with van der Waals surface area (Å²) in [6.07, 6.45) is 3.27. The highest BCUT2D eigenvalue weighted by molar-refractivity contribution is 7.19. The van der Waals surface area contributed by atoms with Crippen LogP contribution in [0.5, 0.6) is 10.9 Å². The Kier molecular flexibility index (Phi) is 2.23. The van der Waals surface area contributed by atoms with Gasteiger partial charge in [-0.2, -0.15) is 4.98 Å². The molecule has 0 aliphatic rings. The molecule has 0 radical (unpaired) electrons. The summed E-state index contributed by atoms with van der Waals surface area (Å²) < 4.78 is 5.59. The fourth-order valence-electron chi connectivity index (χ4n) is 1.29. The third kappa shape index (κ3) is 1.72. The number of hydrogen-bond donors (Lipinski definition) is 0. The van der Waals surface area contributed by atoms with Crippen molar-refractivity contribution in [1.82, 2.24) is 15.0 Å². The zero-order chi connectivity index (χ0) is 10.8. The molecule has 0 saturated carbocycles. The Morgan fingerprint density at radius 3 is 2.62 bits per heavy atom. The van der Waals surface area contributed by atoms with Gasteiger partial charge >= 0.3 is 0 Å². The zero-order valence-electron chi connectivity index (χ0n) is 8.20. The van der Waals surface area contributed by atoms with Crippen molar-refractivity contribution in [2.45, 2.75) is 0 Å². The molecular formula is C11H7N3OS. The minimum atomic E-state index is 0.562. The van der Waals surface area contributed by atoms with Crippen LogP contribution in [-0.4, -0.2) is 15.0 Å². The summed E-state index contributed by atoms with van der Waals surface area (Å²) in [6, 6.07) is 9.53. The number of ether oxygens (including phenoxy) is 1. The van der Waals surface area contributed by atoms with Crippen LogP contribution in [0.15, 0.2) is 42.7 Å². The normalized spacial score (nSPS) is 10.5. The number of hydrogen-bond acceptors (Lipinski definition) is 5. The largest absolute Gasteiger partial charge is 0.431 e. The lowest BCUT2D eigenvalue weighted by atomic mass is 10.3. The van der Waals surface area contributed by atoms with E-state index in [4.69, 9.17) is 4.74 Å². The van der Waals surface area contributed by atoms with Gasteiger partial charge in [0.1, 0.15) is 5.75 Å². The molecule has 2 aromatic heterocycles. The zero-order valence-corrected chi connectivity index (χ0v) is 9.02. The molecule has 0 atom stereocenters. The van der Waals surface area contributed by atoms with Crippen molar-refractivity contribution in [3.63, 3.8) is 0 Å². The molecule has 3 aromatic rings. The monoisotopic (exact) mass is 229 g/mol. The topological polar surface area (TPSA) is 47.9 Å². The Morgan fingerprint density at radius 2 is 1.81 bits per heavy atom. The van der Waals surface area contributed by atoms with Gasteiger partial charge in [0.15, 0.2) is 10.5 Å². The molecule has 0 aliphatic heterocycles. The van der Waals surface area contributed by atoms with Gasteiger partial charge in [-0.05, 0) is 12.1 Å². The lowest BCUT2D eigenvalue weighted by molar-refractivity contribution is 0.480. The first-order valence-electron chi connectivity index (χ1n) is 4.72. The maximum absolute atomic E-state index is 5.59. The van der Waals surface area contributed by atoms with Crippen molar-refractivity contribution in [2.75, 3.05) is 0 Å². The molecule has 0 amide bonds. The van der Waals surface area contributed by atoms with Crippen LogP contribution in [0, 0.1) is 0 Å². The standard InChI is InChI=1S/C11H7N3OS/c1-2-4-8(5-3-1)15-11-14-9-10(16-11)13-7-6-12-9/h1-7H. The number of nitrogens with zero attached hydrogens (tertiary/aromatic N) is 3. The van der Waals surface area contributed by atoms with E-state index in [1.807, 2.05) is 30.3 Å². The number of rotatable bonds is 2. The molecular weight excluding hydrogens is 222 g/mol. The summed E-state index contributed by atoms with van der Waals surface area (Å²) in [5, 5.41) is 0.562. The first-order valence-corrected chi connectivity index (χ1v) is 5.54. The number of aromatic nitrogens is 3. The lowest BCUT2D eigenvalue weighted by Crippen LogP contribution is -1.82. The van der Waals surface area contributed by atoms with Gasteiger partial charge in [-0.1, -0.05) is 29.5 Å². The number of fused-ring (bicyclic) bond motifs is 1. The molecule has 0 bridgehead atoms. The average molecular weight is 229 g/mol. The second kappa shape index (κ2) is 3.86. The van der Waals surface area contributed by atoms with Crippen LogP contribution in [0.2, 0.25) is 0 Å². The summed E-state index contributed by atoms with van der Waals surface area (Å²) in [4.78, 5) is 13.3. The summed E-state index contributed by atoms with van der Waals surface area (Å²) in [5.41, 5.74) is 0.624. The Labute approximate surface area is 95.6 Å². The highest BCUT2D eigenvalue weighted by atomic mass is 32.1. The molecule has 0 N–H and O–H groups in total. The van der Waals surface area contributed by atoms with Crippen LogP contribution in [0.4, 0.5) is 0 Å². The van der Waals surface area contributed by atoms with E-state index >= 15 is 0 Å². The van der Waals surface area contributed by atoms with Gasteiger partial charge in [-0.15, -0.1) is 0 Å². The fraction of sp³-hybridized carbons (Fsp3) is 0. The molecule has 0 unspecified atom stereocenters. The lowest BCUT2D eigenvalue weighted by Gasteiger charge is -1.98. The number of thiazole rings is 1. The summed E-state index contributed by atoms with van der Waals surface area (Å²) in [7, 11) is 0. The second-order valence-electron chi connectivity index (χ2n) is 3.08. The SMILES string of the molecule is c1ccc(Oc2nc3nccnc3s2)cc1. The second-order valence-corrected chi connectivity index (χ2v) is 4.02. The maximum atomic E-state index is 5.59. The van der Waals surface area contributed by atoms with E-state index in [9.17, 15) is 0 Å². The smallest absolute Gasteiger partial charge is 0.282 e. The molecule has 1 aromatic carbocycles. The summed E-state index contributed by atoms with van der Waals surface area (Å²) in [6.45, 7) is 0.